The molecule has 0 saturated heterocycles. The third kappa shape index (κ3) is 2.05. The van der Waals surface area contributed by atoms with Crippen molar-refractivity contribution < 1.29 is 4.57 Å². The SMILES string of the molecule is Cc1ccc(-c2cc(C)c(C)c(C)[n+]2C)c(C)c1. The van der Waals surface area contributed by atoms with Gasteiger partial charge in [0.15, 0.2) is 5.69 Å². The van der Waals surface area contributed by atoms with E-state index in [-0.39, 0.29) is 0 Å². The maximum absolute atomic E-state index is 2.29. The molecule has 0 aliphatic rings. The van der Waals surface area contributed by atoms with E-state index >= 15 is 0 Å². The third-order valence-corrected chi connectivity index (χ3v) is 4.01. The van der Waals surface area contributed by atoms with Gasteiger partial charge in [-0.1, -0.05) is 17.7 Å². The van der Waals surface area contributed by atoms with Gasteiger partial charge in [-0.3, -0.25) is 0 Å². The number of aryl methyl sites for hydroxylation is 3. The van der Waals surface area contributed by atoms with Gasteiger partial charge < -0.3 is 0 Å². The van der Waals surface area contributed by atoms with Crippen LogP contribution in [0.3, 0.4) is 0 Å². The summed E-state index contributed by atoms with van der Waals surface area (Å²) in [4.78, 5) is 0. The number of nitrogens with zero attached hydrogens (tertiary/aromatic N) is 1. The van der Waals surface area contributed by atoms with Gasteiger partial charge in [0, 0.05) is 24.1 Å². The van der Waals surface area contributed by atoms with Crippen molar-refractivity contribution in [2.45, 2.75) is 34.6 Å². The summed E-state index contributed by atoms with van der Waals surface area (Å²) in [7, 11) is 2.15. The molecule has 0 bridgehead atoms. The van der Waals surface area contributed by atoms with Gasteiger partial charge in [0.25, 0.3) is 0 Å². The minimum Gasteiger partial charge on any atom is -0.198 e. The lowest BCUT2D eigenvalue weighted by atomic mass is 9.99. The summed E-state index contributed by atoms with van der Waals surface area (Å²) in [5.41, 5.74) is 9.37. The number of hydrogen-bond donors (Lipinski definition) is 0. The molecule has 0 N–H and O–H groups in total. The average Bonchev–Trinajstić information content (AvgIpc) is 2.32. The van der Waals surface area contributed by atoms with E-state index in [9.17, 15) is 0 Å². The molecule has 1 aromatic heterocycles. The van der Waals surface area contributed by atoms with E-state index in [1.165, 1.54) is 39.2 Å². The summed E-state index contributed by atoms with van der Waals surface area (Å²) in [5, 5.41) is 0. The molecule has 1 nitrogen and oxygen atoms in total. The van der Waals surface area contributed by atoms with Crippen LogP contribution in [0, 0.1) is 34.6 Å². The molecule has 0 saturated carbocycles. The van der Waals surface area contributed by atoms with Gasteiger partial charge in [-0.25, -0.2) is 0 Å². The molecule has 0 unspecified atom stereocenters. The monoisotopic (exact) mass is 240 g/mol. The van der Waals surface area contributed by atoms with Crippen LogP contribution in [0.1, 0.15) is 27.9 Å². The van der Waals surface area contributed by atoms with Crippen LogP contribution in [0.15, 0.2) is 24.3 Å². The Kier molecular flexibility index (Phi) is 3.25. The number of pyridine rings is 1. The van der Waals surface area contributed by atoms with Crippen LogP contribution in [0.5, 0.6) is 0 Å². The van der Waals surface area contributed by atoms with E-state index in [0.717, 1.165) is 0 Å². The van der Waals surface area contributed by atoms with Crippen molar-refractivity contribution in [2.24, 2.45) is 7.05 Å². The average molecular weight is 240 g/mol. The van der Waals surface area contributed by atoms with Crippen LogP contribution >= 0.6 is 0 Å². The Morgan fingerprint density at radius 3 is 2.11 bits per heavy atom. The molecule has 18 heavy (non-hydrogen) atoms. The molecule has 0 spiro atoms. The van der Waals surface area contributed by atoms with Crippen LogP contribution in [-0.4, -0.2) is 0 Å². The van der Waals surface area contributed by atoms with Crippen molar-refractivity contribution in [3.8, 4) is 11.3 Å². The zero-order chi connectivity index (χ0) is 13.4. The van der Waals surface area contributed by atoms with E-state index < -0.39 is 0 Å². The zero-order valence-corrected chi connectivity index (χ0v) is 12.3. The number of hydrogen-bond acceptors (Lipinski definition) is 0. The second-order valence-corrected chi connectivity index (χ2v) is 5.30. The fraction of sp³-hybridized carbons (Fsp3) is 0.353. The molecular weight excluding hydrogens is 218 g/mol. The number of aromatic nitrogens is 1. The largest absolute Gasteiger partial charge is 0.212 e. The summed E-state index contributed by atoms with van der Waals surface area (Å²) in [6.45, 7) is 10.9. The molecule has 0 radical (unpaired) electrons. The third-order valence-electron chi connectivity index (χ3n) is 4.01. The van der Waals surface area contributed by atoms with Crippen molar-refractivity contribution in [3.63, 3.8) is 0 Å². The van der Waals surface area contributed by atoms with Gasteiger partial charge in [-0.15, -0.1) is 0 Å². The molecule has 0 atom stereocenters. The normalized spacial score (nSPS) is 10.8. The molecule has 0 aliphatic carbocycles. The first-order valence-electron chi connectivity index (χ1n) is 6.46. The molecule has 0 amide bonds. The summed E-state index contributed by atoms with van der Waals surface area (Å²) in [6, 6.07) is 8.96. The van der Waals surface area contributed by atoms with Gasteiger partial charge in [-0.05, 0) is 44.9 Å². The first-order valence-corrected chi connectivity index (χ1v) is 6.46. The molecule has 1 aromatic carbocycles. The fourth-order valence-electron chi connectivity index (χ4n) is 2.49. The summed E-state index contributed by atoms with van der Waals surface area (Å²) in [6.07, 6.45) is 0. The molecule has 1 heterocycles. The smallest absolute Gasteiger partial charge is 0.198 e. The highest BCUT2D eigenvalue weighted by Gasteiger charge is 2.17. The topological polar surface area (TPSA) is 3.88 Å². The van der Waals surface area contributed by atoms with Crippen molar-refractivity contribution in [2.75, 3.05) is 0 Å². The van der Waals surface area contributed by atoms with Crippen molar-refractivity contribution in [1.82, 2.24) is 0 Å². The molecule has 2 rings (SSSR count). The highest BCUT2D eigenvalue weighted by molar-refractivity contribution is 5.62. The Balaban J connectivity index is 2.72. The zero-order valence-electron chi connectivity index (χ0n) is 12.3. The Morgan fingerprint density at radius 2 is 1.50 bits per heavy atom. The lowest BCUT2D eigenvalue weighted by Crippen LogP contribution is -2.36. The van der Waals surface area contributed by atoms with Gasteiger partial charge >= 0.3 is 0 Å². The van der Waals surface area contributed by atoms with Gasteiger partial charge in [0.05, 0.1) is 0 Å². The predicted octanol–water partition coefficient (Wildman–Crippen LogP) is 3.72. The molecule has 1 heteroatoms. The summed E-state index contributed by atoms with van der Waals surface area (Å²) < 4.78 is 2.29. The van der Waals surface area contributed by atoms with E-state index in [2.05, 4.69) is 70.5 Å². The second kappa shape index (κ2) is 4.56. The van der Waals surface area contributed by atoms with E-state index in [1.54, 1.807) is 0 Å². The maximum Gasteiger partial charge on any atom is 0.212 e. The van der Waals surface area contributed by atoms with Crippen molar-refractivity contribution in [1.29, 1.82) is 0 Å². The molecule has 0 fully saturated rings. The van der Waals surface area contributed by atoms with Gasteiger partial charge in [0.2, 0.25) is 5.69 Å². The first kappa shape index (κ1) is 12.8. The predicted molar refractivity (Wildman–Crippen MR) is 76.7 cm³/mol. The number of rotatable bonds is 1. The van der Waals surface area contributed by atoms with Crippen LogP contribution in [0.25, 0.3) is 11.3 Å². The van der Waals surface area contributed by atoms with Crippen LogP contribution in [0.2, 0.25) is 0 Å². The minimum atomic E-state index is 1.30. The Morgan fingerprint density at radius 1 is 0.833 bits per heavy atom. The number of benzene rings is 1. The Hall–Kier alpha value is -1.63. The lowest BCUT2D eigenvalue weighted by molar-refractivity contribution is -0.667. The standard InChI is InChI=1S/C17H22N/c1-11-7-8-16(13(3)9-11)17-10-12(2)14(4)15(5)18(17)6/h7-10H,1-6H3/q+1. The molecule has 0 aliphatic heterocycles. The van der Waals surface area contributed by atoms with E-state index in [4.69, 9.17) is 0 Å². The maximum atomic E-state index is 2.29. The summed E-state index contributed by atoms with van der Waals surface area (Å²) in [5.74, 6) is 0. The quantitative estimate of drug-likeness (QED) is 0.669. The van der Waals surface area contributed by atoms with Crippen molar-refractivity contribution >= 4 is 0 Å². The lowest BCUT2D eigenvalue weighted by Gasteiger charge is -2.10. The Labute approximate surface area is 110 Å². The van der Waals surface area contributed by atoms with Crippen LogP contribution in [0.4, 0.5) is 0 Å². The molecule has 2 aromatic rings. The molecule has 94 valence electrons. The minimum absolute atomic E-state index is 1.30. The molecular formula is C17H22N+. The van der Waals surface area contributed by atoms with E-state index in [1.807, 2.05) is 0 Å². The van der Waals surface area contributed by atoms with Gasteiger partial charge in [-0.2, -0.15) is 4.57 Å². The fourth-order valence-corrected chi connectivity index (χ4v) is 2.49. The van der Waals surface area contributed by atoms with Gasteiger partial charge in [0.1, 0.15) is 7.05 Å². The first-order chi connectivity index (χ1) is 8.41. The highest BCUT2D eigenvalue weighted by atomic mass is 14.9. The van der Waals surface area contributed by atoms with Crippen molar-refractivity contribution in [3.05, 3.63) is 52.2 Å². The van der Waals surface area contributed by atoms with Crippen LogP contribution < -0.4 is 4.57 Å². The Bertz CT molecular complexity index is 609. The summed E-state index contributed by atoms with van der Waals surface area (Å²) >= 11 is 0. The second-order valence-electron chi connectivity index (χ2n) is 5.30. The highest BCUT2D eigenvalue weighted by Crippen LogP contribution is 2.24. The van der Waals surface area contributed by atoms with Crippen LogP contribution in [-0.2, 0) is 7.05 Å². The van der Waals surface area contributed by atoms with E-state index in [0.29, 0.717) is 0 Å².